The summed E-state index contributed by atoms with van der Waals surface area (Å²) in [6.45, 7) is 0. The monoisotopic (exact) mass is 269 g/mol. The van der Waals surface area contributed by atoms with Gasteiger partial charge in [0.15, 0.2) is 0 Å². The van der Waals surface area contributed by atoms with Crippen molar-refractivity contribution in [2.24, 2.45) is 4.99 Å². The van der Waals surface area contributed by atoms with Crippen LogP contribution in [-0.4, -0.2) is 6.21 Å². The Morgan fingerprint density at radius 3 is 1.71 bits per heavy atom. The van der Waals surface area contributed by atoms with Crippen molar-refractivity contribution in [3.63, 3.8) is 0 Å². The summed E-state index contributed by atoms with van der Waals surface area (Å²) in [6, 6.07) is 29.5. The van der Waals surface area contributed by atoms with E-state index in [1.807, 2.05) is 18.3 Å². The summed E-state index contributed by atoms with van der Waals surface area (Å²) < 4.78 is 0. The zero-order chi connectivity index (χ0) is 14.1. The third kappa shape index (κ3) is 1.74. The van der Waals surface area contributed by atoms with Gasteiger partial charge in [-0.3, -0.25) is 4.99 Å². The molecule has 3 aromatic carbocycles. The first kappa shape index (κ1) is 12.1. The molecule has 0 saturated heterocycles. The summed E-state index contributed by atoms with van der Waals surface area (Å²) in [5.41, 5.74) is 4.45. The smallest absolute Gasteiger partial charge is 0.136 e. The largest absolute Gasteiger partial charge is 0.271 e. The third-order valence-corrected chi connectivity index (χ3v) is 4.13. The molecule has 0 radical (unpaired) electrons. The second-order valence-electron chi connectivity index (χ2n) is 5.29. The predicted octanol–water partition coefficient (Wildman–Crippen LogP) is 4.41. The first-order chi connectivity index (χ1) is 10.4. The highest BCUT2D eigenvalue weighted by Gasteiger charge is 2.39. The van der Waals surface area contributed by atoms with Crippen molar-refractivity contribution < 1.29 is 0 Å². The maximum atomic E-state index is 4.95. The zero-order valence-corrected chi connectivity index (χ0v) is 11.6. The summed E-state index contributed by atoms with van der Waals surface area (Å²) in [5.74, 6) is 0. The Morgan fingerprint density at radius 1 is 0.571 bits per heavy atom. The number of fused-ring (bicyclic) bond motifs is 1. The Hall–Kier alpha value is -2.67. The van der Waals surface area contributed by atoms with Crippen LogP contribution in [0.3, 0.4) is 0 Å². The Kier molecular flexibility index (Phi) is 2.71. The van der Waals surface area contributed by atoms with Gasteiger partial charge in [-0.15, -0.1) is 0 Å². The van der Waals surface area contributed by atoms with Crippen molar-refractivity contribution in [2.45, 2.75) is 5.54 Å². The molecule has 1 aliphatic heterocycles. The standard InChI is InChI=1S/C20H15N/c1-3-10-17(11-4-1)20(18-12-5-2-6-13-18)19-14-8-7-9-16(19)15-21-20/h1-15H. The van der Waals surface area contributed by atoms with E-state index in [0.717, 1.165) is 0 Å². The highest BCUT2D eigenvalue weighted by atomic mass is 14.9. The molecule has 0 aromatic heterocycles. The molecule has 0 fully saturated rings. The van der Waals surface area contributed by atoms with Gasteiger partial charge < -0.3 is 0 Å². The maximum Gasteiger partial charge on any atom is 0.136 e. The SMILES string of the molecule is C1=NC(c2ccccc2)(c2ccccc2)c2ccccc21. The van der Waals surface area contributed by atoms with Crippen LogP contribution < -0.4 is 0 Å². The van der Waals surface area contributed by atoms with Gasteiger partial charge in [0.1, 0.15) is 5.54 Å². The van der Waals surface area contributed by atoms with E-state index < -0.39 is 5.54 Å². The third-order valence-electron chi connectivity index (χ3n) is 4.13. The molecule has 0 amide bonds. The molecule has 1 heterocycles. The van der Waals surface area contributed by atoms with Gasteiger partial charge in [-0.05, 0) is 22.3 Å². The van der Waals surface area contributed by atoms with E-state index in [1.165, 1.54) is 22.3 Å². The van der Waals surface area contributed by atoms with Gasteiger partial charge in [0.2, 0.25) is 0 Å². The van der Waals surface area contributed by atoms with Crippen molar-refractivity contribution in [1.29, 1.82) is 0 Å². The molecule has 1 heteroatoms. The van der Waals surface area contributed by atoms with Crippen molar-refractivity contribution in [3.05, 3.63) is 107 Å². The minimum Gasteiger partial charge on any atom is -0.271 e. The Morgan fingerprint density at radius 2 is 1.10 bits per heavy atom. The van der Waals surface area contributed by atoms with Crippen LogP contribution in [-0.2, 0) is 5.54 Å². The lowest BCUT2D eigenvalue weighted by Gasteiger charge is -2.29. The molecule has 0 bridgehead atoms. The van der Waals surface area contributed by atoms with Crippen molar-refractivity contribution in [1.82, 2.24) is 0 Å². The molecule has 0 aliphatic carbocycles. The van der Waals surface area contributed by atoms with Gasteiger partial charge in [0.25, 0.3) is 0 Å². The van der Waals surface area contributed by atoms with Crippen LogP contribution in [0.25, 0.3) is 0 Å². The lowest BCUT2D eigenvalue weighted by molar-refractivity contribution is 0.673. The van der Waals surface area contributed by atoms with Gasteiger partial charge in [-0.2, -0.15) is 0 Å². The molecule has 100 valence electrons. The fraction of sp³-hybridized carbons (Fsp3) is 0.0500. The van der Waals surface area contributed by atoms with Crippen LogP contribution in [0, 0.1) is 0 Å². The topological polar surface area (TPSA) is 12.4 Å². The molecule has 3 aromatic rings. The summed E-state index contributed by atoms with van der Waals surface area (Å²) in [7, 11) is 0. The minimum atomic E-state index is -0.418. The molecular formula is C20H15N. The van der Waals surface area contributed by atoms with E-state index in [1.54, 1.807) is 0 Å². The number of aliphatic imine (C=N–C) groups is 1. The van der Waals surface area contributed by atoms with Crippen LogP contribution in [0.15, 0.2) is 89.9 Å². The van der Waals surface area contributed by atoms with E-state index in [9.17, 15) is 0 Å². The molecule has 0 N–H and O–H groups in total. The van der Waals surface area contributed by atoms with Gasteiger partial charge >= 0.3 is 0 Å². The first-order valence-electron chi connectivity index (χ1n) is 7.17. The van der Waals surface area contributed by atoms with Gasteiger partial charge in [-0.25, -0.2) is 0 Å². The molecule has 0 spiro atoms. The summed E-state index contributed by atoms with van der Waals surface area (Å²) in [4.78, 5) is 4.95. The number of rotatable bonds is 2. The normalized spacial score (nSPS) is 14.9. The van der Waals surface area contributed by atoms with Crippen LogP contribution in [0.1, 0.15) is 22.3 Å². The number of nitrogens with zero attached hydrogens (tertiary/aromatic N) is 1. The average Bonchev–Trinajstić information content (AvgIpc) is 2.97. The summed E-state index contributed by atoms with van der Waals surface area (Å²) in [6.07, 6.45) is 2.00. The van der Waals surface area contributed by atoms with Crippen molar-refractivity contribution in [3.8, 4) is 0 Å². The van der Waals surface area contributed by atoms with Gasteiger partial charge in [-0.1, -0.05) is 84.9 Å². The fourth-order valence-electron chi connectivity index (χ4n) is 3.16. The first-order valence-corrected chi connectivity index (χ1v) is 7.17. The van der Waals surface area contributed by atoms with E-state index >= 15 is 0 Å². The highest BCUT2D eigenvalue weighted by molar-refractivity contribution is 5.88. The Balaban J connectivity index is 2.05. The van der Waals surface area contributed by atoms with Gasteiger partial charge in [0.05, 0.1) is 0 Å². The molecule has 0 atom stereocenters. The van der Waals surface area contributed by atoms with E-state index in [2.05, 4.69) is 72.8 Å². The number of benzene rings is 3. The molecule has 0 saturated carbocycles. The highest BCUT2D eigenvalue weighted by Crippen LogP contribution is 2.44. The summed E-state index contributed by atoms with van der Waals surface area (Å²) >= 11 is 0. The van der Waals surface area contributed by atoms with Crippen LogP contribution >= 0.6 is 0 Å². The van der Waals surface area contributed by atoms with Crippen molar-refractivity contribution in [2.75, 3.05) is 0 Å². The lowest BCUT2D eigenvalue weighted by Crippen LogP contribution is -2.24. The second-order valence-corrected chi connectivity index (χ2v) is 5.29. The van der Waals surface area contributed by atoms with Crippen LogP contribution in [0.2, 0.25) is 0 Å². The van der Waals surface area contributed by atoms with Crippen LogP contribution in [0.5, 0.6) is 0 Å². The fourth-order valence-corrected chi connectivity index (χ4v) is 3.16. The molecular weight excluding hydrogens is 254 g/mol. The van der Waals surface area contributed by atoms with E-state index in [0.29, 0.717) is 0 Å². The van der Waals surface area contributed by atoms with Crippen molar-refractivity contribution >= 4 is 6.21 Å². The van der Waals surface area contributed by atoms with E-state index in [4.69, 9.17) is 4.99 Å². The van der Waals surface area contributed by atoms with E-state index in [-0.39, 0.29) is 0 Å². The maximum absolute atomic E-state index is 4.95. The number of hydrogen-bond acceptors (Lipinski definition) is 1. The molecule has 1 aliphatic rings. The second kappa shape index (κ2) is 4.71. The molecule has 4 rings (SSSR count). The molecule has 1 nitrogen and oxygen atoms in total. The van der Waals surface area contributed by atoms with Gasteiger partial charge in [0, 0.05) is 6.21 Å². The molecule has 21 heavy (non-hydrogen) atoms. The predicted molar refractivity (Wildman–Crippen MR) is 86.8 cm³/mol. The number of hydrogen-bond donors (Lipinski definition) is 0. The van der Waals surface area contributed by atoms with Crippen LogP contribution in [0.4, 0.5) is 0 Å². The minimum absolute atomic E-state index is 0.418. The quantitative estimate of drug-likeness (QED) is 0.653. The summed E-state index contributed by atoms with van der Waals surface area (Å²) in [5, 5.41) is 0. The zero-order valence-electron chi connectivity index (χ0n) is 11.6. The Labute approximate surface area is 124 Å². The Bertz CT molecular complexity index is 749. The lowest BCUT2D eigenvalue weighted by atomic mass is 9.78. The molecule has 0 unspecified atom stereocenters. The average molecular weight is 269 g/mol.